The minimum Gasteiger partial charge on any atom is -0.367 e. The highest BCUT2D eigenvalue weighted by Gasteiger charge is 2.21. The number of hydrogen-bond acceptors (Lipinski definition) is 3. The maximum Gasteiger partial charge on any atom is 0.261 e. The third-order valence-electron chi connectivity index (χ3n) is 3.89. The Kier molecular flexibility index (Phi) is 5.72. The quantitative estimate of drug-likeness (QED) is 0.550. The van der Waals surface area contributed by atoms with E-state index in [1.165, 1.54) is 5.56 Å². The van der Waals surface area contributed by atoms with Crippen LogP contribution in [-0.4, -0.2) is 29.9 Å². The topological polar surface area (TPSA) is 82.5 Å². The Balaban J connectivity index is 0.000000376. The molecule has 27 heavy (non-hydrogen) atoms. The maximum absolute atomic E-state index is 9.19. The van der Waals surface area contributed by atoms with E-state index in [1.807, 2.05) is 54.9 Å². The second kappa shape index (κ2) is 7.86. The van der Waals surface area contributed by atoms with Crippen molar-refractivity contribution in [1.82, 2.24) is 4.98 Å². The van der Waals surface area contributed by atoms with Gasteiger partial charge in [-0.25, -0.2) is 0 Å². The molecular formula is C19H16Cl2N2O3S. The minimum atomic E-state index is -3.67. The molecule has 0 amide bonds. The Labute approximate surface area is 167 Å². The SMILES string of the molecule is CS(=O)(=O)O.Clc1ccc2c(c1)C(c1ccccc1Cl)=NCc1c[nH]cc1-2. The summed E-state index contributed by atoms with van der Waals surface area (Å²) < 4.78 is 25.9. The zero-order chi connectivity index (χ0) is 19.6. The molecule has 1 aliphatic rings. The van der Waals surface area contributed by atoms with Gasteiger partial charge in [0.15, 0.2) is 0 Å². The number of rotatable bonds is 1. The van der Waals surface area contributed by atoms with E-state index in [9.17, 15) is 8.42 Å². The second-order valence-electron chi connectivity index (χ2n) is 5.96. The van der Waals surface area contributed by atoms with Gasteiger partial charge >= 0.3 is 0 Å². The van der Waals surface area contributed by atoms with Gasteiger partial charge in [-0.15, -0.1) is 0 Å². The molecule has 0 bridgehead atoms. The van der Waals surface area contributed by atoms with Crippen molar-refractivity contribution in [2.45, 2.75) is 6.54 Å². The first-order valence-electron chi connectivity index (χ1n) is 7.92. The molecule has 0 spiro atoms. The summed E-state index contributed by atoms with van der Waals surface area (Å²) in [5.41, 5.74) is 6.29. The van der Waals surface area contributed by atoms with Crippen LogP contribution in [0, 0.1) is 0 Å². The summed E-state index contributed by atoms with van der Waals surface area (Å²) in [4.78, 5) is 7.97. The predicted octanol–water partition coefficient (Wildman–Crippen LogP) is 4.84. The molecule has 0 radical (unpaired) electrons. The van der Waals surface area contributed by atoms with Gasteiger partial charge in [0.1, 0.15) is 0 Å². The molecule has 8 heteroatoms. The molecule has 140 valence electrons. The van der Waals surface area contributed by atoms with E-state index in [0.29, 0.717) is 22.8 Å². The van der Waals surface area contributed by atoms with Gasteiger partial charge in [-0.2, -0.15) is 8.42 Å². The Morgan fingerprint density at radius 2 is 1.70 bits per heavy atom. The predicted molar refractivity (Wildman–Crippen MR) is 110 cm³/mol. The smallest absolute Gasteiger partial charge is 0.261 e. The molecule has 0 fully saturated rings. The largest absolute Gasteiger partial charge is 0.367 e. The monoisotopic (exact) mass is 422 g/mol. The Bertz CT molecular complexity index is 1110. The Hall–Kier alpha value is -2.12. The fourth-order valence-electron chi connectivity index (χ4n) is 2.86. The van der Waals surface area contributed by atoms with Crippen LogP contribution < -0.4 is 0 Å². The van der Waals surface area contributed by atoms with Crippen molar-refractivity contribution in [2.75, 3.05) is 6.26 Å². The number of aromatic nitrogens is 1. The van der Waals surface area contributed by atoms with Gasteiger partial charge < -0.3 is 4.98 Å². The summed E-state index contributed by atoms with van der Waals surface area (Å²) in [7, 11) is -3.67. The first kappa shape index (κ1) is 19.6. The molecule has 3 aromatic rings. The van der Waals surface area contributed by atoms with E-state index in [4.69, 9.17) is 32.7 Å². The number of halogens is 2. The number of nitrogens with zero attached hydrogens (tertiary/aromatic N) is 1. The molecule has 4 rings (SSSR count). The highest BCUT2D eigenvalue weighted by molar-refractivity contribution is 7.85. The van der Waals surface area contributed by atoms with Gasteiger partial charge in [-0.1, -0.05) is 47.5 Å². The van der Waals surface area contributed by atoms with E-state index in [0.717, 1.165) is 28.0 Å². The molecule has 2 heterocycles. The fourth-order valence-corrected chi connectivity index (χ4v) is 3.26. The van der Waals surface area contributed by atoms with Crippen molar-refractivity contribution in [3.8, 4) is 11.1 Å². The van der Waals surface area contributed by atoms with Gasteiger partial charge in [0.25, 0.3) is 10.1 Å². The van der Waals surface area contributed by atoms with Crippen LogP contribution in [0.3, 0.4) is 0 Å². The fraction of sp³-hybridized carbons (Fsp3) is 0.105. The first-order valence-corrected chi connectivity index (χ1v) is 10.5. The lowest BCUT2D eigenvalue weighted by Gasteiger charge is -2.12. The summed E-state index contributed by atoms with van der Waals surface area (Å²) >= 11 is 12.6. The van der Waals surface area contributed by atoms with Crippen LogP contribution in [0.4, 0.5) is 0 Å². The van der Waals surface area contributed by atoms with Crippen molar-refractivity contribution in [3.05, 3.63) is 81.6 Å². The highest BCUT2D eigenvalue weighted by atomic mass is 35.5. The lowest BCUT2D eigenvalue weighted by atomic mass is 9.94. The van der Waals surface area contributed by atoms with E-state index < -0.39 is 10.1 Å². The van der Waals surface area contributed by atoms with Crippen LogP contribution in [-0.2, 0) is 16.7 Å². The normalized spacial score (nSPS) is 12.8. The van der Waals surface area contributed by atoms with Gasteiger partial charge in [0.2, 0.25) is 0 Å². The first-order chi connectivity index (χ1) is 12.7. The van der Waals surface area contributed by atoms with Crippen LogP contribution in [0.25, 0.3) is 11.1 Å². The molecule has 2 aromatic carbocycles. The number of nitrogens with one attached hydrogen (secondary N) is 1. The summed E-state index contributed by atoms with van der Waals surface area (Å²) in [6, 6.07) is 13.7. The Morgan fingerprint density at radius 1 is 1.00 bits per heavy atom. The average Bonchev–Trinajstić information content (AvgIpc) is 2.98. The van der Waals surface area contributed by atoms with Gasteiger partial charge in [-0.3, -0.25) is 9.55 Å². The minimum absolute atomic E-state index is 0.617. The van der Waals surface area contributed by atoms with E-state index in [2.05, 4.69) is 4.98 Å². The third kappa shape index (κ3) is 4.78. The number of aromatic amines is 1. The van der Waals surface area contributed by atoms with Crippen LogP contribution in [0.1, 0.15) is 16.7 Å². The zero-order valence-corrected chi connectivity index (χ0v) is 16.6. The number of H-pyrrole nitrogens is 1. The van der Waals surface area contributed by atoms with Crippen molar-refractivity contribution >= 4 is 39.0 Å². The molecule has 0 unspecified atom stereocenters. The van der Waals surface area contributed by atoms with Crippen molar-refractivity contribution in [3.63, 3.8) is 0 Å². The van der Waals surface area contributed by atoms with E-state index in [-0.39, 0.29) is 0 Å². The molecule has 0 atom stereocenters. The lowest BCUT2D eigenvalue weighted by molar-refractivity contribution is 0.490. The van der Waals surface area contributed by atoms with E-state index >= 15 is 0 Å². The number of fused-ring (bicyclic) bond motifs is 3. The standard InChI is InChI=1S/C18H12Cl2N2.CH4O3S/c19-12-5-6-13-15(7-12)18(14-3-1-2-4-17(14)20)22-9-11-8-21-10-16(11)13;1-5(2,3)4/h1-8,10,21H,9H2;1H3,(H,2,3,4). The molecule has 1 aliphatic heterocycles. The van der Waals surface area contributed by atoms with Crippen LogP contribution in [0.2, 0.25) is 10.0 Å². The van der Waals surface area contributed by atoms with Crippen LogP contribution >= 0.6 is 23.2 Å². The second-order valence-corrected chi connectivity index (χ2v) is 8.27. The summed E-state index contributed by atoms with van der Waals surface area (Å²) in [6.45, 7) is 0.617. The Morgan fingerprint density at radius 3 is 2.41 bits per heavy atom. The van der Waals surface area contributed by atoms with Gasteiger partial charge in [0.05, 0.1) is 18.5 Å². The molecule has 1 aromatic heterocycles. The number of aliphatic imine (C=N–C) groups is 1. The third-order valence-corrected chi connectivity index (χ3v) is 4.46. The average molecular weight is 423 g/mol. The zero-order valence-electron chi connectivity index (χ0n) is 14.3. The van der Waals surface area contributed by atoms with Crippen molar-refractivity contribution < 1.29 is 13.0 Å². The number of hydrogen-bond donors (Lipinski definition) is 2. The van der Waals surface area contributed by atoms with Crippen LogP contribution in [0.15, 0.2) is 59.9 Å². The summed E-state index contributed by atoms with van der Waals surface area (Å²) in [5.74, 6) is 0. The summed E-state index contributed by atoms with van der Waals surface area (Å²) in [6.07, 6.45) is 4.72. The number of benzene rings is 2. The summed E-state index contributed by atoms with van der Waals surface area (Å²) in [5, 5.41) is 1.39. The molecule has 2 N–H and O–H groups in total. The van der Waals surface area contributed by atoms with Crippen molar-refractivity contribution in [1.29, 1.82) is 0 Å². The molecule has 0 saturated heterocycles. The van der Waals surface area contributed by atoms with Crippen molar-refractivity contribution in [2.24, 2.45) is 4.99 Å². The highest BCUT2D eigenvalue weighted by Crippen LogP contribution is 2.35. The van der Waals surface area contributed by atoms with E-state index in [1.54, 1.807) is 0 Å². The van der Waals surface area contributed by atoms with Gasteiger partial charge in [-0.05, 0) is 29.3 Å². The van der Waals surface area contributed by atoms with Gasteiger partial charge in [0, 0.05) is 39.1 Å². The molecular weight excluding hydrogens is 407 g/mol. The maximum atomic E-state index is 9.19. The van der Waals surface area contributed by atoms with Crippen LogP contribution in [0.5, 0.6) is 0 Å². The molecule has 5 nitrogen and oxygen atoms in total. The molecule has 0 aliphatic carbocycles. The lowest BCUT2D eigenvalue weighted by Crippen LogP contribution is -2.05. The molecule has 0 saturated carbocycles.